The molecule has 0 spiro atoms. The molecule has 88 valence electrons. The summed E-state index contributed by atoms with van der Waals surface area (Å²) in [6, 6.07) is 4.75. The van der Waals surface area contributed by atoms with Crippen molar-refractivity contribution in [3.05, 3.63) is 28.2 Å². The molecule has 1 amide bonds. The fourth-order valence-corrected chi connectivity index (χ4v) is 1.68. The van der Waals surface area contributed by atoms with Crippen LogP contribution in [0.4, 0.5) is 0 Å². The lowest BCUT2D eigenvalue weighted by Gasteiger charge is -2.16. The lowest BCUT2D eigenvalue weighted by Crippen LogP contribution is -2.41. The summed E-state index contributed by atoms with van der Waals surface area (Å²) in [6.45, 7) is 1.81. The van der Waals surface area contributed by atoms with Gasteiger partial charge >= 0.3 is 0 Å². The van der Waals surface area contributed by atoms with Crippen molar-refractivity contribution in [2.75, 3.05) is 0 Å². The first kappa shape index (κ1) is 13.1. The molecule has 16 heavy (non-hydrogen) atoms. The van der Waals surface area contributed by atoms with Crippen molar-refractivity contribution in [1.82, 2.24) is 5.43 Å². The molecule has 1 aromatic rings. The van der Waals surface area contributed by atoms with Gasteiger partial charge in [0.05, 0.1) is 0 Å². The molecule has 0 saturated carbocycles. The zero-order valence-corrected chi connectivity index (χ0v) is 10.2. The van der Waals surface area contributed by atoms with Gasteiger partial charge < -0.3 is 4.74 Å². The van der Waals surface area contributed by atoms with Crippen molar-refractivity contribution < 1.29 is 9.53 Å². The summed E-state index contributed by atoms with van der Waals surface area (Å²) in [4.78, 5) is 11.3. The Morgan fingerprint density at radius 2 is 2.00 bits per heavy atom. The van der Waals surface area contributed by atoms with E-state index in [1.807, 2.05) is 12.3 Å². The molecule has 6 heteroatoms. The monoisotopic (exact) mass is 262 g/mol. The Labute approximate surface area is 104 Å². The molecule has 1 unspecified atom stereocenters. The van der Waals surface area contributed by atoms with Gasteiger partial charge in [0.1, 0.15) is 5.75 Å². The molecule has 4 nitrogen and oxygen atoms in total. The number of hydrazine groups is 1. The van der Waals surface area contributed by atoms with Crippen LogP contribution in [0.5, 0.6) is 5.75 Å². The highest BCUT2D eigenvalue weighted by atomic mass is 35.5. The first-order chi connectivity index (χ1) is 7.56. The second-order valence-electron chi connectivity index (χ2n) is 3.13. The van der Waals surface area contributed by atoms with Crippen molar-refractivity contribution in [3.63, 3.8) is 0 Å². The molecular formula is C10H12Cl2N2O2. The van der Waals surface area contributed by atoms with Gasteiger partial charge in [0, 0.05) is 10.0 Å². The standard InChI is InChI=1S/C10H12Cl2N2O2/c1-2-9(10(15)14-13)16-8-4-6(11)3-7(12)5-8/h3-5,9H,2,13H2,1H3,(H,14,15). The number of carbonyl (C=O) groups is 1. The van der Waals surface area contributed by atoms with Crippen LogP contribution in [0.2, 0.25) is 10.0 Å². The van der Waals surface area contributed by atoms with E-state index in [9.17, 15) is 4.79 Å². The molecular weight excluding hydrogens is 251 g/mol. The van der Waals surface area contributed by atoms with Crippen LogP contribution in [0.25, 0.3) is 0 Å². The summed E-state index contributed by atoms with van der Waals surface area (Å²) >= 11 is 11.6. The summed E-state index contributed by atoms with van der Waals surface area (Å²) in [5, 5.41) is 0.899. The largest absolute Gasteiger partial charge is 0.480 e. The predicted octanol–water partition coefficient (Wildman–Crippen LogP) is 2.14. The lowest BCUT2D eigenvalue weighted by atomic mass is 10.2. The fourth-order valence-electron chi connectivity index (χ4n) is 1.18. The van der Waals surface area contributed by atoms with Crippen LogP contribution < -0.4 is 16.0 Å². The molecule has 0 aliphatic rings. The number of nitrogens with one attached hydrogen (secondary N) is 1. The second-order valence-corrected chi connectivity index (χ2v) is 4.00. The van der Waals surface area contributed by atoms with Gasteiger partial charge in [-0.1, -0.05) is 30.1 Å². The minimum Gasteiger partial charge on any atom is -0.480 e. The summed E-state index contributed by atoms with van der Waals surface area (Å²) in [5.74, 6) is 5.08. The molecule has 0 aromatic heterocycles. The summed E-state index contributed by atoms with van der Waals surface area (Å²) in [5.41, 5.74) is 2.04. The normalized spacial score (nSPS) is 12.0. The second kappa shape index (κ2) is 5.94. The molecule has 0 bridgehead atoms. The van der Waals surface area contributed by atoms with Gasteiger partial charge in [0.2, 0.25) is 0 Å². The van der Waals surface area contributed by atoms with E-state index < -0.39 is 12.0 Å². The fraction of sp³-hybridized carbons (Fsp3) is 0.300. The molecule has 0 radical (unpaired) electrons. The minimum absolute atomic E-state index is 0.390. The number of hydrogen-bond acceptors (Lipinski definition) is 3. The molecule has 0 fully saturated rings. The number of benzene rings is 1. The Bertz CT molecular complexity index is 365. The zero-order valence-electron chi connectivity index (χ0n) is 8.67. The Kier molecular flexibility index (Phi) is 4.86. The Balaban J connectivity index is 2.81. The number of nitrogens with two attached hydrogens (primary N) is 1. The van der Waals surface area contributed by atoms with E-state index in [4.69, 9.17) is 33.8 Å². The first-order valence-corrected chi connectivity index (χ1v) is 5.45. The number of halogens is 2. The lowest BCUT2D eigenvalue weighted by molar-refractivity contribution is -0.128. The van der Waals surface area contributed by atoms with Gasteiger partial charge in [-0.15, -0.1) is 0 Å². The third-order valence-corrected chi connectivity index (χ3v) is 2.36. The van der Waals surface area contributed by atoms with E-state index in [-0.39, 0.29) is 0 Å². The van der Waals surface area contributed by atoms with Crippen LogP contribution in [-0.4, -0.2) is 12.0 Å². The SMILES string of the molecule is CCC(Oc1cc(Cl)cc(Cl)c1)C(=O)NN. The van der Waals surface area contributed by atoms with E-state index in [1.54, 1.807) is 18.2 Å². The third-order valence-electron chi connectivity index (χ3n) is 1.92. The first-order valence-electron chi connectivity index (χ1n) is 4.70. The Morgan fingerprint density at radius 3 is 2.44 bits per heavy atom. The summed E-state index contributed by atoms with van der Waals surface area (Å²) < 4.78 is 5.42. The maximum Gasteiger partial charge on any atom is 0.274 e. The summed E-state index contributed by atoms with van der Waals surface area (Å²) in [6.07, 6.45) is -0.160. The van der Waals surface area contributed by atoms with Crippen LogP contribution in [-0.2, 0) is 4.79 Å². The van der Waals surface area contributed by atoms with Gasteiger partial charge in [-0.2, -0.15) is 0 Å². The van der Waals surface area contributed by atoms with E-state index in [0.717, 1.165) is 0 Å². The van der Waals surface area contributed by atoms with E-state index in [2.05, 4.69) is 0 Å². The quantitative estimate of drug-likeness (QED) is 0.497. The number of amides is 1. The van der Waals surface area contributed by atoms with Crippen LogP contribution in [0.15, 0.2) is 18.2 Å². The molecule has 3 N–H and O–H groups in total. The van der Waals surface area contributed by atoms with E-state index in [1.165, 1.54) is 0 Å². The maximum atomic E-state index is 11.3. The molecule has 0 heterocycles. The van der Waals surface area contributed by atoms with Gasteiger partial charge in [0.15, 0.2) is 6.10 Å². The van der Waals surface area contributed by atoms with Gasteiger partial charge in [-0.25, -0.2) is 5.84 Å². The topological polar surface area (TPSA) is 64.3 Å². The van der Waals surface area contributed by atoms with E-state index >= 15 is 0 Å². The highest BCUT2D eigenvalue weighted by molar-refractivity contribution is 6.34. The molecule has 1 atom stereocenters. The zero-order chi connectivity index (χ0) is 12.1. The van der Waals surface area contributed by atoms with Crippen molar-refractivity contribution in [1.29, 1.82) is 0 Å². The summed E-state index contributed by atoms with van der Waals surface area (Å²) in [7, 11) is 0. The smallest absolute Gasteiger partial charge is 0.274 e. The van der Waals surface area contributed by atoms with Gasteiger partial charge in [0.25, 0.3) is 5.91 Å². The number of carbonyl (C=O) groups excluding carboxylic acids is 1. The average molecular weight is 263 g/mol. The van der Waals surface area contributed by atoms with Gasteiger partial charge in [-0.3, -0.25) is 10.2 Å². The molecule has 0 saturated heterocycles. The molecule has 1 aromatic carbocycles. The molecule has 0 aliphatic heterocycles. The van der Waals surface area contributed by atoms with E-state index in [0.29, 0.717) is 22.2 Å². The Hall–Kier alpha value is -0.970. The van der Waals surface area contributed by atoms with Crippen molar-refractivity contribution in [3.8, 4) is 5.75 Å². The van der Waals surface area contributed by atoms with Crippen molar-refractivity contribution in [2.45, 2.75) is 19.4 Å². The van der Waals surface area contributed by atoms with Crippen LogP contribution in [0, 0.1) is 0 Å². The third kappa shape index (κ3) is 3.56. The van der Waals surface area contributed by atoms with Crippen LogP contribution >= 0.6 is 23.2 Å². The molecule has 0 aliphatic carbocycles. The highest BCUT2D eigenvalue weighted by Gasteiger charge is 2.17. The molecule has 1 rings (SSSR count). The van der Waals surface area contributed by atoms with Crippen molar-refractivity contribution >= 4 is 29.1 Å². The van der Waals surface area contributed by atoms with Gasteiger partial charge in [-0.05, 0) is 24.6 Å². The van der Waals surface area contributed by atoms with Crippen LogP contribution in [0.1, 0.15) is 13.3 Å². The maximum absolute atomic E-state index is 11.3. The number of ether oxygens (including phenoxy) is 1. The number of rotatable bonds is 4. The van der Waals surface area contributed by atoms with Crippen LogP contribution in [0.3, 0.4) is 0 Å². The highest BCUT2D eigenvalue weighted by Crippen LogP contribution is 2.25. The predicted molar refractivity (Wildman–Crippen MR) is 63.5 cm³/mol. The number of hydrogen-bond donors (Lipinski definition) is 2. The Morgan fingerprint density at radius 1 is 1.44 bits per heavy atom. The van der Waals surface area contributed by atoms with Crippen molar-refractivity contribution in [2.24, 2.45) is 5.84 Å². The minimum atomic E-state index is -0.653. The average Bonchev–Trinajstić information content (AvgIpc) is 2.23.